The summed E-state index contributed by atoms with van der Waals surface area (Å²) in [6.07, 6.45) is 0.883. The Kier molecular flexibility index (Phi) is 7.39. The highest BCUT2D eigenvalue weighted by atomic mass is 79.9. The van der Waals surface area contributed by atoms with E-state index in [9.17, 15) is 9.59 Å². The molecule has 1 rings (SSSR count). The van der Waals surface area contributed by atoms with Crippen molar-refractivity contribution in [1.29, 1.82) is 0 Å². The van der Waals surface area contributed by atoms with Crippen LogP contribution in [0.15, 0.2) is 28.7 Å². The van der Waals surface area contributed by atoms with Gasteiger partial charge in [-0.1, -0.05) is 35.0 Å². The van der Waals surface area contributed by atoms with E-state index in [1.165, 1.54) is 4.90 Å². The van der Waals surface area contributed by atoms with Crippen molar-refractivity contribution < 1.29 is 9.59 Å². The van der Waals surface area contributed by atoms with Crippen molar-refractivity contribution in [2.45, 2.75) is 19.4 Å². The Morgan fingerprint density at radius 3 is 2.43 bits per heavy atom. The van der Waals surface area contributed by atoms with E-state index in [0.717, 1.165) is 16.5 Å². The lowest BCUT2D eigenvalue weighted by atomic mass is 10.0. The Morgan fingerprint density at radius 2 is 1.90 bits per heavy atom. The molecular formula is C15H22BrN3O2. The molecule has 0 aliphatic carbocycles. The van der Waals surface area contributed by atoms with Gasteiger partial charge < -0.3 is 15.5 Å². The summed E-state index contributed by atoms with van der Waals surface area (Å²) in [5, 5.41) is 5.74. The lowest BCUT2D eigenvalue weighted by Crippen LogP contribution is -2.41. The summed E-state index contributed by atoms with van der Waals surface area (Å²) in [4.78, 5) is 24.6. The summed E-state index contributed by atoms with van der Waals surface area (Å²) < 4.78 is 1.03. The molecule has 0 fully saturated rings. The average Bonchev–Trinajstić information content (AvgIpc) is 2.48. The maximum absolute atomic E-state index is 12.0. The van der Waals surface area contributed by atoms with Gasteiger partial charge in [0.05, 0.1) is 13.1 Å². The minimum atomic E-state index is -0.175. The first-order valence-electron chi connectivity index (χ1n) is 6.91. The number of nitrogens with zero attached hydrogens (tertiary/aromatic N) is 1. The van der Waals surface area contributed by atoms with Crippen molar-refractivity contribution in [2.75, 3.05) is 27.2 Å². The summed E-state index contributed by atoms with van der Waals surface area (Å²) >= 11 is 3.41. The van der Waals surface area contributed by atoms with Crippen molar-refractivity contribution in [3.63, 3.8) is 0 Å². The summed E-state index contributed by atoms with van der Waals surface area (Å²) in [6, 6.07) is 8.15. The lowest BCUT2D eigenvalue weighted by molar-refractivity contribution is -0.133. The van der Waals surface area contributed by atoms with Crippen LogP contribution in [0.3, 0.4) is 0 Å². The Morgan fingerprint density at radius 1 is 1.29 bits per heavy atom. The van der Waals surface area contributed by atoms with Crippen molar-refractivity contribution in [3.8, 4) is 0 Å². The zero-order chi connectivity index (χ0) is 15.8. The molecule has 5 nitrogen and oxygen atoms in total. The van der Waals surface area contributed by atoms with E-state index < -0.39 is 0 Å². The van der Waals surface area contributed by atoms with Crippen LogP contribution in [0.25, 0.3) is 0 Å². The van der Waals surface area contributed by atoms with Crippen LogP contribution in [0.2, 0.25) is 0 Å². The number of carbonyl (C=O) groups excluding carboxylic acids is 2. The molecule has 116 valence electrons. The van der Waals surface area contributed by atoms with Gasteiger partial charge >= 0.3 is 0 Å². The first-order chi connectivity index (χ1) is 9.97. The van der Waals surface area contributed by atoms with Gasteiger partial charge in [-0.05, 0) is 24.1 Å². The molecule has 0 aromatic heterocycles. The summed E-state index contributed by atoms with van der Waals surface area (Å²) in [5.41, 5.74) is 1.14. The molecule has 1 atom stereocenters. The Labute approximate surface area is 134 Å². The summed E-state index contributed by atoms with van der Waals surface area (Å²) in [6.45, 7) is 2.35. The zero-order valence-electron chi connectivity index (χ0n) is 12.6. The highest BCUT2D eigenvalue weighted by Gasteiger charge is 2.15. The Hall–Kier alpha value is -1.40. The number of nitrogens with one attached hydrogen (secondary N) is 2. The van der Waals surface area contributed by atoms with Crippen LogP contribution in [0.5, 0.6) is 0 Å². The van der Waals surface area contributed by atoms with E-state index in [4.69, 9.17) is 0 Å². The van der Waals surface area contributed by atoms with Gasteiger partial charge in [-0.25, -0.2) is 0 Å². The molecule has 0 unspecified atom stereocenters. The van der Waals surface area contributed by atoms with E-state index >= 15 is 0 Å². The van der Waals surface area contributed by atoms with E-state index in [0.29, 0.717) is 0 Å². The number of amides is 2. The zero-order valence-corrected chi connectivity index (χ0v) is 14.2. The second-order valence-corrected chi connectivity index (χ2v) is 5.73. The molecule has 0 spiro atoms. The molecule has 21 heavy (non-hydrogen) atoms. The van der Waals surface area contributed by atoms with Crippen LogP contribution in [0.1, 0.15) is 24.9 Å². The predicted octanol–water partition coefficient (Wildman–Crippen LogP) is 1.69. The minimum Gasteiger partial charge on any atom is -0.358 e. The third-order valence-electron chi connectivity index (χ3n) is 3.27. The van der Waals surface area contributed by atoms with E-state index in [1.54, 1.807) is 14.1 Å². The van der Waals surface area contributed by atoms with Crippen LogP contribution in [0, 0.1) is 0 Å². The smallest absolute Gasteiger partial charge is 0.239 e. The quantitative estimate of drug-likeness (QED) is 0.782. The van der Waals surface area contributed by atoms with Crippen LogP contribution in [0.4, 0.5) is 0 Å². The fourth-order valence-corrected chi connectivity index (χ4v) is 2.19. The van der Waals surface area contributed by atoms with Gasteiger partial charge in [0, 0.05) is 24.6 Å². The maximum Gasteiger partial charge on any atom is 0.239 e. The minimum absolute atomic E-state index is 0.0755. The molecular weight excluding hydrogens is 334 g/mol. The highest BCUT2D eigenvalue weighted by Crippen LogP contribution is 2.19. The van der Waals surface area contributed by atoms with Gasteiger partial charge in [0.1, 0.15) is 0 Å². The van der Waals surface area contributed by atoms with Gasteiger partial charge in [-0.15, -0.1) is 0 Å². The molecule has 0 radical (unpaired) electrons. The third-order valence-corrected chi connectivity index (χ3v) is 3.79. The lowest BCUT2D eigenvalue weighted by Gasteiger charge is -2.20. The molecule has 2 N–H and O–H groups in total. The van der Waals surface area contributed by atoms with Gasteiger partial charge in [0.25, 0.3) is 0 Å². The molecule has 1 aromatic carbocycles. The van der Waals surface area contributed by atoms with Crippen molar-refractivity contribution in [1.82, 2.24) is 15.5 Å². The van der Waals surface area contributed by atoms with E-state index in [1.807, 2.05) is 24.3 Å². The first kappa shape index (κ1) is 17.7. The SMILES string of the molecule is CC[C@@H](NCC(=O)N(C)CC(=O)NC)c1ccc(Br)cc1. The molecule has 0 bridgehead atoms. The van der Waals surface area contributed by atoms with Crippen LogP contribution >= 0.6 is 15.9 Å². The number of hydrogen-bond acceptors (Lipinski definition) is 3. The molecule has 0 aliphatic rings. The second kappa shape index (κ2) is 8.79. The van der Waals surface area contributed by atoms with Crippen LogP contribution in [-0.4, -0.2) is 43.9 Å². The average molecular weight is 356 g/mol. The summed E-state index contributed by atoms with van der Waals surface area (Å²) in [7, 11) is 3.18. The molecule has 0 aliphatic heterocycles. The summed E-state index contributed by atoms with van der Waals surface area (Å²) in [5.74, 6) is -0.278. The van der Waals surface area contributed by atoms with Gasteiger partial charge in [-0.3, -0.25) is 9.59 Å². The van der Waals surface area contributed by atoms with Gasteiger partial charge in [-0.2, -0.15) is 0 Å². The molecule has 6 heteroatoms. The molecule has 0 saturated heterocycles. The van der Waals surface area contributed by atoms with Crippen molar-refractivity contribution >= 4 is 27.7 Å². The highest BCUT2D eigenvalue weighted by molar-refractivity contribution is 9.10. The van der Waals surface area contributed by atoms with E-state index in [-0.39, 0.29) is 30.9 Å². The fraction of sp³-hybridized carbons (Fsp3) is 0.467. The number of halogens is 1. The molecule has 1 aromatic rings. The molecule has 0 heterocycles. The van der Waals surface area contributed by atoms with Crippen molar-refractivity contribution in [3.05, 3.63) is 34.3 Å². The van der Waals surface area contributed by atoms with Crippen LogP contribution < -0.4 is 10.6 Å². The number of benzene rings is 1. The second-order valence-electron chi connectivity index (χ2n) is 4.82. The monoisotopic (exact) mass is 355 g/mol. The number of carbonyl (C=O) groups is 2. The number of likely N-dealkylation sites (N-methyl/N-ethyl adjacent to an activating group) is 2. The number of hydrogen-bond donors (Lipinski definition) is 2. The number of rotatable bonds is 7. The largest absolute Gasteiger partial charge is 0.358 e. The Balaban J connectivity index is 2.53. The molecule has 0 saturated carbocycles. The normalized spacial score (nSPS) is 11.8. The molecule has 2 amide bonds. The van der Waals surface area contributed by atoms with E-state index in [2.05, 4.69) is 33.5 Å². The topological polar surface area (TPSA) is 61.4 Å². The van der Waals surface area contributed by atoms with Crippen LogP contribution in [-0.2, 0) is 9.59 Å². The van der Waals surface area contributed by atoms with Gasteiger partial charge in [0.2, 0.25) is 11.8 Å². The Bertz CT molecular complexity index is 476. The fourth-order valence-electron chi connectivity index (χ4n) is 1.92. The predicted molar refractivity (Wildman–Crippen MR) is 86.9 cm³/mol. The first-order valence-corrected chi connectivity index (χ1v) is 7.70. The standard InChI is InChI=1S/C15H22BrN3O2/c1-4-13(11-5-7-12(16)8-6-11)18-9-15(21)19(3)10-14(20)17-2/h5-8,13,18H,4,9-10H2,1-3H3,(H,17,20)/t13-/m1/s1. The van der Waals surface area contributed by atoms with Gasteiger partial charge in [0.15, 0.2) is 0 Å². The maximum atomic E-state index is 12.0. The third kappa shape index (κ3) is 5.85. The van der Waals surface area contributed by atoms with Crippen molar-refractivity contribution in [2.24, 2.45) is 0 Å².